The van der Waals surface area contributed by atoms with Gasteiger partial charge in [0.2, 0.25) is 0 Å². The lowest BCUT2D eigenvalue weighted by Crippen LogP contribution is -2.13. The number of nitrogens with zero attached hydrogens (tertiary/aromatic N) is 1. The van der Waals surface area contributed by atoms with Gasteiger partial charge in [-0.15, -0.1) is 0 Å². The molecule has 0 saturated heterocycles. The van der Waals surface area contributed by atoms with Gasteiger partial charge in [-0.05, 0) is 5.92 Å². The number of rotatable bonds is 4. The smallest absolute Gasteiger partial charge is 0.195 e. The van der Waals surface area contributed by atoms with Crippen LogP contribution in [0.1, 0.15) is 30.9 Å². The summed E-state index contributed by atoms with van der Waals surface area (Å²) in [6.07, 6.45) is 7.76. The van der Waals surface area contributed by atoms with E-state index in [0.717, 1.165) is 30.4 Å². The van der Waals surface area contributed by atoms with E-state index in [0.29, 0.717) is 6.54 Å². The molecule has 0 unspecified atom stereocenters. The lowest BCUT2D eigenvalue weighted by Gasteiger charge is -2.23. The first-order valence-electron chi connectivity index (χ1n) is 5.02. The van der Waals surface area contributed by atoms with Crippen molar-refractivity contribution in [3.63, 3.8) is 0 Å². The van der Waals surface area contributed by atoms with E-state index < -0.39 is 0 Å². The SMILES string of the molecule is NCCc1ncc(CC2CCC2)o1. The zero-order valence-corrected chi connectivity index (χ0v) is 7.83. The summed E-state index contributed by atoms with van der Waals surface area (Å²) in [6.45, 7) is 0.614. The van der Waals surface area contributed by atoms with Crippen LogP contribution in [0.4, 0.5) is 0 Å². The molecule has 0 spiro atoms. The quantitative estimate of drug-likeness (QED) is 0.764. The minimum absolute atomic E-state index is 0.614. The molecule has 1 aliphatic carbocycles. The summed E-state index contributed by atoms with van der Waals surface area (Å²) in [6, 6.07) is 0. The molecule has 2 rings (SSSR count). The molecular formula is C10H16N2O. The zero-order valence-electron chi connectivity index (χ0n) is 7.83. The fraction of sp³-hybridized carbons (Fsp3) is 0.700. The van der Waals surface area contributed by atoms with E-state index in [4.69, 9.17) is 10.2 Å². The van der Waals surface area contributed by atoms with Crippen LogP contribution in [0.5, 0.6) is 0 Å². The first-order valence-corrected chi connectivity index (χ1v) is 5.02. The minimum Gasteiger partial charge on any atom is -0.446 e. The van der Waals surface area contributed by atoms with Crippen LogP contribution in [0.15, 0.2) is 10.6 Å². The van der Waals surface area contributed by atoms with Crippen molar-refractivity contribution in [1.29, 1.82) is 0 Å². The molecule has 3 heteroatoms. The van der Waals surface area contributed by atoms with Crippen molar-refractivity contribution in [2.75, 3.05) is 6.54 Å². The van der Waals surface area contributed by atoms with Crippen LogP contribution in [-0.2, 0) is 12.8 Å². The highest BCUT2D eigenvalue weighted by molar-refractivity contribution is 4.97. The summed E-state index contributed by atoms with van der Waals surface area (Å²) in [5, 5.41) is 0. The molecule has 0 aromatic carbocycles. The van der Waals surface area contributed by atoms with Crippen molar-refractivity contribution in [2.45, 2.75) is 32.1 Å². The van der Waals surface area contributed by atoms with Crippen LogP contribution in [0.2, 0.25) is 0 Å². The van der Waals surface area contributed by atoms with E-state index in [2.05, 4.69) is 4.98 Å². The van der Waals surface area contributed by atoms with E-state index >= 15 is 0 Å². The first-order chi connectivity index (χ1) is 6.38. The second-order valence-corrected chi connectivity index (χ2v) is 3.76. The van der Waals surface area contributed by atoms with E-state index in [1.807, 2.05) is 6.20 Å². The Bertz CT molecular complexity index is 266. The van der Waals surface area contributed by atoms with Crippen molar-refractivity contribution >= 4 is 0 Å². The van der Waals surface area contributed by atoms with Crippen molar-refractivity contribution in [1.82, 2.24) is 4.98 Å². The molecule has 1 heterocycles. The Morgan fingerprint density at radius 3 is 3.00 bits per heavy atom. The predicted octanol–water partition coefficient (Wildman–Crippen LogP) is 1.52. The Balaban J connectivity index is 1.88. The van der Waals surface area contributed by atoms with Gasteiger partial charge in [0, 0.05) is 19.4 Å². The Morgan fingerprint density at radius 1 is 1.54 bits per heavy atom. The number of nitrogens with two attached hydrogens (primary N) is 1. The fourth-order valence-corrected chi connectivity index (χ4v) is 1.66. The van der Waals surface area contributed by atoms with Crippen LogP contribution >= 0.6 is 0 Å². The van der Waals surface area contributed by atoms with Crippen molar-refractivity contribution in [3.8, 4) is 0 Å². The molecule has 1 aromatic rings. The van der Waals surface area contributed by atoms with Gasteiger partial charge in [-0.2, -0.15) is 0 Å². The van der Waals surface area contributed by atoms with Crippen LogP contribution < -0.4 is 5.73 Å². The number of aromatic nitrogens is 1. The van der Waals surface area contributed by atoms with E-state index in [1.165, 1.54) is 19.3 Å². The molecule has 1 aliphatic rings. The third-order valence-electron chi connectivity index (χ3n) is 2.67. The summed E-state index contributed by atoms with van der Waals surface area (Å²) >= 11 is 0. The molecule has 1 fully saturated rings. The van der Waals surface area contributed by atoms with Gasteiger partial charge in [0.15, 0.2) is 5.89 Å². The molecule has 2 N–H and O–H groups in total. The largest absolute Gasteiger partial charge is 0.446 e. The minimum atomic E-state index is 0.614. The molecule has 0 atom stereocenters. The Morgan fingerprint density at radius 2 is 2.38 bits per heavy atom. The summed E-state index contributed by atoms with van der Waals surface area (Å²) in [4.78, 5) is 4.17. The van der Waals surface area contributed by atoms with E-state index in [1.54, 1.807) is 0 Å². The number of hydrogen-bond acceptors (Lipinski definition) is 3. The van der Waals surface area contributed by atoms with Crippen LogP contribution in [0.3, 0.4) is 0 Å². The lowest BCUT2D eigenvalue weighted by molar-refractivity contribution is 0.291. The van der Waals surface area contributed by atoms with Crippen molar-refractivity contribution in [3.05, 3.63) is 17.8 Å². The fourth-order valence-electron chi connectivity index (χ4n) is 1.66. The molecule has 13 heavy (non-hydrogen) atoms. The van der Waals surface area contributed by atoms with Crippen LogP contribution in [-0.4, -0.2) is 11.5 Å². The summed E-state index contributed by atoms with van der Waals surface area (Å²) in [5.74, 6) is 2.67. The Kier molecular flexibility index (Phi) is 2.64. The molecular weight excluding hydrogens is 164 g/mol. The maximum Gasteiger partial charge on any atom is 0.195 e. The summed E-state index contributed by atoms with van der Waals surface area (Å²) in [7, 11) is 0. The third kappa shape index (κ3) is 2.10. The average Bonchev–Trinajstić information content (AvgIpc) is 2.46. The van der Waals surface area contributed by atoms with Crippen LogP contribution in [0, 0.1) is 5.92 Å². The predicted molar refractivity (Wildman–Crippen MR) is 50.3 cm³/mol. The topological polar surface area (TPSA) is 52.0 Å². The Labute approximate surface area is 78.3 Å². The van der Waals surface area contributed by atoms with Gasteiger partial charge in [-0.3, -0.25) is 0 Å². The summed E-state index contributed by atoms with van der Waals surface area (Å²) in [5.41, 5.74) is 5.41. The Hall–Kier alpha value is -0.830. The third-order valence-corrected chi connectivity index (χ3v) is 2.67. The van der Waals surface area contributed by atoms with Gasteiger partial charge in [0.05, 0.1) is 6.20 Å². The number of oxazole rings is 1. The maximum absolute atomic E-state index is 5.54. The molecule has 1 saturated carbocycles. The van der Waals surface area contributed by atoms with E-state index in [-0.39, 0.29) is 0 Å². The highest BCUT2D eigenvalue weighted by Crippen LogP contribution is 2.29. The second kappa shape index (κ2) is 3.92. The van der Waals surface area contributed by atoms with Gasteiger partial charge in [-0.25, -0.2) is 4.98 Å². The van der Waals surface area contributed by atoms with Gasteiger partial charge >= 0.3 is 0 Å². The normalized spacial score (nSPS) is 17.3. The molecule has 0 radical (unpaired) electrons. The molecule has 72 valence electrons. The molecule has 0 aliphatic heterocycles. The standard InChI is InChI=1S/C10H16N2O/c11-5-4-10-12-7-9(13-10)6-8-2-1-3-8/h7-8H,1-6,11H2. The van der Waals surface area contributed by atoms with Gasteiger partial charge in [0.1, 0.15) is 5.76 Å². The highest BCUT2D eigenvalue weighted by atomic mass is 16.4. The average molecular weight is 180 g/mol. The second-order valence-electron chi connectivity index (χ2n) is 3.76. The lowest BCUT2D eigenvalue weighted by atomic mass is 9.82. The van der Waals surface area contributed by atoms with Gasteiger partial charge < -0.3 is 10.2 Å². The van der Waals surface area contributed by atoms with Crippen molar-refractivity contribution in [2.24, 2.45) is 11.7 Å². The van der Waals surface area contributed by atoms with E-state index in [9.17, 15) is 0 Å². The maximum atomic E-state index is 5.54. The zero-order chi connectivity index (χ0) is 9.10. The monoisotopic (exact) mass is 180 g/mol. The molecule has 0 amide bonds. The summed E-state index contributed by atoms with van der Waals surface area (Å²) < 4.78 is 5.54. The van der Waals surface area contributed by atoms with Crippen LogP contribution in [0.25, 0.3) is 0 Å². The number of hydrogen-bond donors (Lipinski definition) is 1. The van der Waals surface area contributed by atoms with Gasteiger partial charge in [-0.1, -0.05) is 19.3 Å². The molecule has 0 bridgehead atoms. The highest BCUT2D eigenvalue weighted by Gasteiger charge is 2.19. The van der Waals surface area contributed by atoms with Crippen molar-refractivity contribution < 1.29 is 4.42 Å². The molecule has 3 nitrogen and oxygen atoms in total. The first kappa shape index (κ1) is 8.75. The van der Waals surface area contributed by atoms with Gasteiger partial charge in [0.25, 0.3) is 0 Å². The molecule has 1 aromatic heterocycles.